The summed E-state index contributed by atoms with van der Waals surface area (Å²) in [6.45, 7) is 3.52. The average molecular weight is 272 g/mol. The molecule has 104 valence electrons. The summed E-state index contributed by atoms with van der Waals surface area (Å²) in [5, 5.41) is 11.2. The second-order valence-corrected chi connectivity index (χ2v) is 4.61. The van der Waals surface area contributed by atoms with E-state index < -0.39 is 4.92 Å². The van der Waals surface area contributed by atoms with E-state index in [-0.39, 0.29) is 17.5 Å². The van der Waals surface area contributed by atoms with Crippen LogP contribution in [-0.4, -0.2) is 4.92 Å². The highest BCUT2D eigenvalue weighted by Gasteiger charge is 2.20. The number of benzene rings is 2. The highest BCUT2D eigenvalue weighted by Crippen LogP contribution is 2.36. The first-order chi connectivity index (χ1) is 9.50. The van der Waals surface area contributed by atoms with Crippen LogP contribution in [-0.2, 0) is 0 Å². The van der Waals surface area contributed by atoms with E-state index in [1.165, 1.54) is 0 Å². The summed E-state index contributed by atoms with van der Waals surface area (Å²) in [5.41, 5.74) is 7.23. The Morgan fingerprint density at radius 2 is 1.80 bits per heavy atom. The minimum absolute atomic E-state index is 0.0213. The smallest absolute Gasteiger partial charge is 0.314 e. The Morgan fingerprint density at radius 1 is 1.15 bits per heavy atom. The summed E-state index contributed by atoms with van der Waals surface area (Å²) < 4.78 is 5.72. The van der Waals surface area contributed by atoms with E-state index in [0.29, 0.717) is 11.3 Å². The Morgan fingerprint density at radius 3 is 2.45 bits per heavy atom. The summed E-state index contributed by atoms with van der Waals surface area (Å²) in [4.78, 5) is 10.7. The standard InChI is InChI=1S/C15H16N2O3/c1-10-6-5-9-14(15(10)17(18)19)20-13-8-4-3-7-12(13)11(2)16/h3-9,11H,16H2,1-2H3/t11-/m0/s1. The van der Waals surface area contributed by atoms with Gasteiger partial charge >= 0.3 is 5.69 Å². The molecule has 0 bridgehead atoms. The van der Waals surface area contributed by atoms with Gasteiger partial charge in [0, 0.05) is 17.2 Å². The number of ether oxygens (including phenoxy) is 1. The summed E-state index contributed by atoms with van der Waals surface area (Å²) in [7, 11) is 0. The zero-order chi connectivity index (χ0) is 14.7. The third-order valence-corrected chi connectivity index (χ3v) is 3.01. The van der Waals surface area contributed by atoms with Gasteiger partial charge in [-0.25, -0.2) is 0 Å². The van der Waals surface area contributed by atoms with Crippen molar-refractivity contribution in [2.45, 2.75) is 19.9 Å². The van der Waals surface area contributed by atoms with Gasteiger partial charge in [-0.05, 0) is 26.0 Å². The van der Waals surface area contributed by atoms with Crippen molar-refractivity contribution in [1.29, 1.82) is 0 Å². The number of nitrogens with zero attached hydrogens (tertiary/aromatic N) is 1. The summed E-state index contributed by atoms with van der Waals surface area (Å²) in [6.07, 6.45) is 0. The fourth-order valence-corrected chi connectivity index (χ4v) is 2.02. The van der Waals surface area contributed by atoms with Gasteiger partial charge < -0.3 is 10.5 Å². The number of hydrogen-bond acceptors (Lipinski definition) is 4. The lowest BCUT2D eigenvalue weighted by atomic mass is 10.1. The van der Waals surface area contributed by atoms with E-state index in [1.807, 2.05) is 25.1 Å². The zero-order valence-corrected chi connectivity index (χ0v) is 11.4. The van der Waals surface area contributed by atoms with Crippen LogP contribution in [0.15, 0.2) is 42.5 Å². The lowest BCUT2D eigenvalue weighted by Crippen LogP contribution is -2.06. The largest absolute Gasteiger partial charge is 0.450 e. The molecule has 0 saturated heterocycles. The maximum absolute atomic E-state index is 11.2. The normalized spacial score (nSPS) is 11.9. The van der Waals surface area contributed by atoms with Crippen molar-refractivity contribution in [2.75, 3.05) is 0 Å². The van der Waals surface area contributed by atoms with Gasteiger partial charge in [-0.1, -0.05) is 30.3 Å². The first-order valence-corrected chi connectivity index (χ1v) is 6.27. The zero-order valence-electron chi connectivity index (χ0n) is 11.4. The second-order valence-electron chi connectivity index (χ2n) is 4.61. The Hall–Kier alpha value is -2.40. The molecule has 5 nitrogen and oxygen atoms in total. The van der Waals surface area contributed by atoms with Crippen LogP contribution >= 0.6 is 0 Å². The van der Waals surface area contributed by atoms with Gasteiger partial charge in [-0.2, -0.15) is 0 Å². The number of rotatable bonds is 4. The van der Waals surface area contributed by atoms with Crippen LogP contribution in [0.5, 0.6) is 11.5 Å². The van der Waals surface area contributed by atoms with E-state index in [1.54, 1.807) is 31.2 Å². The van der Waals surface area contributed by atoms with Crippen LogP contribution in [0.4, 0.5) is 5.69 Å². The molecule has 5 heteroatoms. The molecule has 2 aromatic carbocycles. The summed E-state index contributed by atoms with van der Waals surface area (Å²) >= 11 is 0. The Labute approximate surface area is 117 Å². The number of aryl methyl sites for hydroxylation is 1. The minimum atomic E-state index is -0.431. The lowest BCUT2D eigenvalue weighted by Gasteiger charge is -2.14. The van der Waals surface area contributed by atoms with Crippen molar-refractivity contribution in [1.82, 2.24) is 0 Å². The highest BCUT2D eigenvalue weighted by atomic mass is 16.6. The van der Waals surface area contributed by atoms with Crippen LogP contribution in [0.25, 0.3) is 0 Å². The molecule has 0 radical (unpaired) electrons. The fourth-order valence-electron chi connectivity index (χ4n) is 2.02. The molecule has 0 aliphatic rings. The third-order valence-electron chi connectivity index (χ3n) is 3.01. The van der Waals surface area contributed by atoms with Gasteiger partial charge in [0.2, 0.25) is 5.75 Å². The van der Waals surface area contributed by atoms with E-state index in [9.17, 15) is 10.1 Å². The van der Waals surface area contributed by atoms with E-state index in [2.05, 4.69) is 0 Å². The monoisotopic (exact) mass is 272 g/mol. The molecule has 2 aromatic rings. The highest BCUT2D eigenvalue weighted by molar-refractivity contribution is 5.54. The number of nitro groups is 1. The first-order valence-electron chi connectivity index (χ1n) is 6.27. The topological polar surface area (TPSA) is 78.4 Å². The number of nitro benzene ring substituents is 1. The Kier molecular flexibility index (Phi) is 4.00. The maximum atomic E-state index is 11.2. The predicted octanol–water partition coefficient (Wildman–Crippen LogP) is 3.72. The van der Waals surface area contributed by atoms with Crippen molar-refractivity contribution in [3.05, 3.63) is 63.7 Å². The fraction of sp³-hybridized carbons (Fsp3) is 0.200. The molecule has 0 aliphatic carbocycles. The van der Waals surface area contributed by atoms with Crippen LogP contribution in [0.2, 0.25) is 0 Å². The molecule has 0 aromatic heterocycles. The lowest BCUT2D eigenvalue weighted by molar-refractivity contribution is -0.386. The molecule has 0 spiro atoms. The number of hydrogen-bond donors (Lipinski definition) is 1. The molecule has 0 aliphatic heterocycles. The van der Waals surface area contributed by atoms with Crippen molar-refractivity contribution in [3.8, 4) is 11.5 Å². The van der Waals surface area contributed by atoms with Crippen molar-refractivity contribution >= 4 is 5.69 Å². The van der Waals surface area contributed by atoms with Crippen LogP contribution < -0.4 is 10.5 Å². The Balaban J connectivity index is 2.46. The quantitative estimate of drug-likeness (QED) is 0.679. The van der Waals surface area contributed by atoms with Gasteiger partial charge in [-0.15, -0.1) is 0 Å². The summed E-state index contributed by atoms with van der Waals surface area (Å²) in [6, 6.07) is 12.1. The van der Waals surface area contributed by atoms with Crippen molar-refractivity contribution in [3.63, 3.8) is 0 Å². The third kappa shape index (κ3) is 2.78. The van der Waals surface area contributed by atoms with Crippen LogP contribution in [0.3, 0.4) is 0 Å². The molecular formula is C15H16N2O3. The molecule has 2 rings (SSSR count). The summed E-state index contributed by atoms with van der Waals surface area (Å²) in [5.74, 6) is 0.763. The molecule has 2 N–H and O–H groups in total. The minimum Gasteiger partial charge on any atom is -0.450 e. The molecule has 20 heavy (non-hydrogen) atoms. The second kappa shape index (κ2) is 5.71. The van der Waals surface area contributed by atoms with Crippen molar-refractivity contribution < 1.29 is 9.66 Å². The molecule has 0 saturated carbocycles. The van der Waals surface area contributed by atoms with Gasteiger partial charge in [0.25, 0.3) is 0 Å². The van der Waals surface area contributed by atoms with Crippen LogP contribution in [0.1, 0.15) is 24.1 Å². The molecular weight excluding hydrogens is 256 g/mol. The van der Waals surface area contributed by atoms with Gasteiger partial charge in [0.05, 0.1) is 4.92 Å². The van der Waals surface area contributed by atoms with Crippen molar-refractivity contribution in [2.24, 2.45) is 5.73 Å². The SMILES string of the molecule is Cc1cccc(Oc2ccccc2[C@H](C)N)c1[N+](=O)[O-]. The Bertz CT molecular complexity index is 639. The van der Waals surface area contributed by atoms with E-state index in [0.717, 1.165) is 5.56 Å². The van der Waals surface area contributed by atoms with Gasteiger partial charge in [-0.3, -0.25) is 10.1 Å². The number of nitrogens with two attached hydrogens (primary N) is 1. The van der Waals surface area contributed by atoms with Crippen LogP contribution in [0, 0.1) is 17.0 Å². The molecule has 0 heterocycles. The molecule has 0 fully saturated rings. The predicted molar refractivity (Wildman–Crippen MR) is 77.0 cm³/mol. The average Bonchev–Trinajstić information content (AvgIpc) is 2.38. The molecule has 0 unspecified atom stereocenters. The number of para-hydroxylation sites is 2. The van der Waals surface area contributed by atoms with E-state index in [4.69, 9.17) is 10.5 Å². The first kappa shape index (κ1) is 14.0. The van der Waals surface area contributed by atoms with Gasteiger partial charge in [0.15, 0.2) is 0 Å². The molecule has 0 amide bonds. The van der Waals surface area contributed by atoms with Gasteiger partial charge in [0.1, 0.15) is 5.75 Å². The van der Waals surface area contributed by atoms with E-state index >= 15 is 0 Å². The maximum Gasteiger partial charge on any atom is 0.314 e. The molecule has 1 atom stereocenters.